The first kappa shape index (κ1) is 20.1. The summed E-state index contributed by atoms with van der Waals surface area (Å²) in [6.45, 7) is 1.13. The third-order valence-corrected chi connectivity index (χ3v) is 3.35. The summed E-state index contributed by atoms with van der Waals surface area (Å²) in [5.41, 5.74) is 2.59. The number of urea groups is 1. The van der Waals surface area contributed by atoms with E-state index < -0.39 is 37.2 Å². The Labute approximate surface area is 151 Å². The minimum Gasteiger partial charge on any atom is -0.452 e. The van der Waals surface area contributed by atoms with E-state index in [-0.39, 0.29) is 5.56 Å². The minimum atomic E-state index is -4.61. The lowest BCUT2D eigenvalue weighted by Crippen LogP contribution is -2.44. The zero-order valence-corrected chi connectivity index (χ0v) is 14.3. The maximum Gasteiger partial charge on any atom is 0.405 e. The Morgan fingerprint density at radius 1 is 1.07 bits per heavy atom. The van der Waals surface area contributed by atoms with E-state index in [1.807, 2.05) is 0 Å². The number of aryl methyl sites for hydroxylation is 2. The fourth-order valence-corrected chi connectivity index (χ4v) is 1.96. The average molecular weight is 384 g/mol. The quantitative estimate of drug-likeness (QED) is 0.778. The maximum atomic E-state index is 12.0. The highest BCUT2D eigenvalue weighted by atomic mass is 19.4. The van der Waals surface area contributed by atoms with Gasteiger partial charge in [-0.2, -0.15) is 13.2 Å². The molecule has 0 spiro atoms. The van der Waals surface area contributed by atoms with Crippen LogP contribution < -0.4 is 10.6 Å². The third kappa shape index (κ3) is 5.90. The number of fused-ring (bicyclic) bond motifs is 1. The molecule has 0 aliphatic rings. The minimum absolute atomic E-state index is 0.106. The number of imide groups is 1. The Morgan fingerprint density at radius 2 is 1.70 bits per heavy atom. The molecule has 2 aromatic rings. The number of carbonyl (C=O) groups is 3. The molecule has 2 N–H and O–H groups in total. The lowest BCUT2D eigenvalue weighted by molar-refractivity contribution is -0.125. The van der Waals surface area contributed by atoms with E-state index in [0.717, 1.165) is 5.69 Å². The van der Waals surface area contributed by atoms with E-state index in [9.17, 15) is 27.6 Å². The fourth-order valence-electron chi connectivity index (χ4n) is 1.96. The molecule has 11 heteroatoms. The van der Waals surface area contributed by atoms with Crippen molar-refractivity contribution in [2.75, 3.05) is 13.2 Å². The zero-order chi connectivity index (χ0) is 20.2. The molecule has 0 unspecified atom stereocenters. The molecule has 2 rings (SSSR count). The molecule has 0 atom stereocenters. The molecule has 3 amide bonds. The summed E-state index contributed by atoms with van der Waals surface area (Å²) in [4.78, 5) is 43.2. The third-order valence-electron chi connectivity index (χ3n) is 3.35. The smallest absolute Gasteiger partial charge is 0.405 e. The normalized spacial score (nSPS) is 11.1. The van der Waals surface area contributed by atoms with Crippen LogP contribution in [0.1, 0.15) is 21.7 Å². The lowest BCUT2D eigenvalue weighted by Gasteiger charge is -2.09. The number of esters is 1. The zero-order valence-electron chi connectivity index (χ0n) is 14.3. The topological polar surface area (TPSA) is 110 Å². The number of hydrogen-bond donors (Lipinski definition) is 2. The van der Waals surface area contributed by atoms with Gasteiger partial charge in [0.15, 0.2) is 6.61 Å². The van der Waals surface area contributed by atoms with Crippen molar-refractivity contribution in [2.24, 2.45) is 0 Å². The highest BCUT2D eigenvalue weighted by Crippen LogP contribution is 2.15. The molecule has 0 radical (unpaired) electrons. The van der Waals surface area contributed by atoms with Crippen LogP contribution in [-0.2, 0) is 9.53 Å². The molecule has 144 valence electrons. The first-order valence-corrected chi connectivity index (χ1v) is 7.62. The van der Waals surface area contributed by atoms with Crippen LogP contribution in [0.15, 0.2) is 18.2 Å². The average Bonchev–Trinajstić information content (AvgIpc) is 2.58. The van der Waals surface area contributed by atoms with Crippen LogP contribution >= 0.6 is 0 Å². The Bertz CT molecular complexity index is 899. The number of hydrogen-bond acceptors (Lipinski definition) is 6. The van der Waals surface area contributed by atoms with Crippen LogP contribution in [-0.4, -0.2) is 47.2 Å². The van der Waals surface area contributed by atoms with E-state index in [2.05, 4.69) is 9.97 Å². The second-order valence-electron chi connectivity index (χ2n) is 5.52. The lowest BCUT2D eigenvalue weighted by atomic mass is 10.2. The van der Waals surface area contributed by atoms with Gasteiger partial charge >= 0.3 is 18.2 Å². The van der Waals surface area contributed by atoms with Gasteiger partial charge in [0.1, 0.15) is 6.54 Å². The summed E-state index contributed by atoms with van der Waals surface area (Å²) in [6, 6.07) is 3.09. The van der Waals surface area contributed by atoms with Gasteiger partial charge in [0, 0.05) is 0 Å². The molecule has 0 fully saturated rings. The summed E-state index contributed by atoms with van der Waals surface area (Å²) in [6.07, 6.45) is -4.61. The van der Waals surface area contributed by atoms with Crippen molar-refractivity contribution in [3.63, 3.8) is 0 Å². The second kappa shape index (κ2) is 7.98. The first-order valence-electron chi connectivity index (χ1n) is 7.62. The van der Waals surface area contributed by atoms with Crippen LogP contribution in [0.2, 0.25) is 0 Å². The summed E-state index contributed by atoms with van der Waals surface area (Å²) in [5.74, 6) is -1.93. The van der Waals surface area contributed by atoms with Gasteiger partial charge in [-0.1, -0.05) is 0 Å². The summed E-state index contributed by atoms with van der Waals surface area (Å²) < 4.78 is 40.6. The number of halogens is 3. The van der Waals surface area contributed by atoms with E-state index >= 15 is 0 Å². The van der Waals surface area contributed by atoms with Gasteiger partial charge in [0.2, 0.25) is 0 Å². The standard InChI is InChI=1S/C16H15F3N4O4/c1-8-9(2)22-12-5-10(3-4-11(12)21-8)14(25)27-6-13(24)23-15(26)20-7-16(17,18)19/h3-5H,6-7H2,1-2H3,(H2,20,23,24,26). The Morgan fingerprint density at radius 3 is 2.33 bits per heavy atom. The second-order valence-corrected chi connectivity index (χ2v) is 5.52. The Kier molecular flexibility index (Phi) is 5.93. The summed E-state index contributed by atoms with van der Waals surface area (Å²) in [7, 11) is 0. The van der Waals surface area contributed by atoms with Gasteiger partial charge in [-0.25, -0.2) is 19.6 Å². The van der Waals surface area contributed by atoms with Crippen molar-refractivity contribution in [3.8, 4) is 0 Å². The van der Waals surface area contributed by atoms with Crippen LogP contribution in [0.3, 0.4) is 0 Å². The predicted molar refractivity (Wildman–Crippen MR) is 86.9 cm³/mol. The van der Waals surface area contributed by atoms with Gasteiger partial charge in [-0.3, -0.25) is 10.1 Å². The molecule has 8 nitrogen and oxygen atoms in total. The van der Waals surface area contributed by atoms with Crippen molar-refractivity contribution >= 4 is 28.9 Å². The predicted octanol–water partition coefficient (Wildman–Crippen LogP) is 1.79. The van der Waals surface area contributed by atoms with Crippen molar-refractivity contribution in [1.82, 2.24) is 20.6 Å². The molecule has 1 aromatic heterocycles. The molecule has 1 aromatic carbocycles. The Hall–Kier alpha value is -3.24. The van der Waals surface area contributed by atoms with Crippen LogP contribution in [0.25, 0.3) is 11.0 Å². The van der Waals surface area contributed by atoms with Gasteiger partial charge in [0.05, 0.1) is 28.0 Å². The van der Waals surface area contributed by atoms with Crippen LogP contribution in [0, 0.1) is 13.8 Å². The van der Waals surface area contributed by atoms with Crippen LogP contribution in [0.4, 0.5) is 18.0 Å². The van der Waals surface area contributed by atoms with E-state index in [1.165, 1.54) is 17.4 Å². The number of aromatic nitrogens is 2. The maximum absolute atomic E-state index is 12.0. The van der Waals surface area contributed by atoms with E-state index in [1.54, 1.807) is 25.2 Å². The van der Waals surface area contributed by atoms with Gasteiger partial charge in [-0.15, -0.1) is 0 Å². The summed E-state index contributed by atoms with van der Waals surface area (Å²) >= 11 is 0. The molecule has 0 bridgehead atoms. The number of nitrogens with one attached hydrogen (secondary N) is 2. The molecular weight excluding hydrogens is 369 g/mol. The molecule has 0 aliphatic carbocycles. The van der Waals surface area contributed by atoms with Crippen molar-refractivity contribution in [3.05, 3.63) is 35.2 Å². The molecule has 1 heterocycles. The molecule has 27 heavy (non-hydrogen) atoms. The van der Waals surface area contributed by atoms with E-state index in [4.69, 9.17) is 4.74 Å². The highest BCUT2D eigenvalue weighted by Gasteiger charge is 2.28. The van der Waals surface area contributed by atoms with Crippen molar-refractivity contribution in [2.45, 2.75) is 20.0 Å². The van der Waals surface area contributed by atoms with Crippen molar-refractivity contribution in [1.29, 1.82) is 0 Å². The number of alkyl halides is 3. The fraction of sp³-hybridized carbons (Fsp3) is 0.312. The number of nitrogens with zero attached hydrogens (tertiary/aromatic N) is 2. The largest absolute Gasteiger partial charge is 0.452 e. The van der Waals surface area contributed by atoms with Crippen molar-refractivity contribution < 1.29 is 32.3 Å². The molecule has 0 aliphatic heterocycles. The van der Waals surface area contributed by atoms with Crippen LogP contribution in [0.5, 0.6) is 0 Å². The number of amides is 3. The monoisotopic (exact) mass is 384 g/mol. The van der Waals surface area contributed by atoms with Gasteiger partial charge < -0.3 is 10.1 Å². The van der Waals surface area contributed by atoms with E-state index in [0.29, 0.717) is 16.7 Å². The Balaban J connectivity index is 1.91. The molecule has 0 saturated carbocycles. The number of carbonyl (C=O) groups excluding carboxylic acids is 3. The molecular formula is C16H15F3N4O4. The number of ether oxygens (including phenoxy) is 1. The first-order chi connectivity index (χ1) is 12.5. The van der Waals surface area contributed by atoms with Gasteiger partial charge in [0.25, 0.3) is 5.91 Å². The summed E-state index contributed by atoms with van der Waals surface area (Å²) in [5, 5.41) is 3.07. The highest BCUT2D eigenvalue weighted by molar-refractivity contribution is 5.98. The SMILES string of the molecule is Cc1nc2ccc(C(=O)OCC(=O)NC(=O)NCC(F)(F)F)cc2nc1C. The molecule has 0 saturated heterocycles. The number of rotatable bonds is 4. The number of benzene rings is 1. The van der Waals surface area contributed by atoms with Gasteiger partial charge in [-0.05, 0) is 32.0 Å².